The molecule has 0 heterocycles. The zero-order valence-corrected chi connectivity index (χ0v) is 27.1. The number of carboxylic acids is 3. The van der Waals surface area contributed by atoms with Crippen molar-refractivity contribution in [1.82, 2.24) is 0 Å². The average molecular weight is 683 g/mol. The largest absolute Gasteiger partial charge is 3.00 e. The minimum atomic E-state index is -0.902. The third-order valence-corrected chi connectivity index (χ3v) is 7.36. The fraction of sp³-hybridized carbons (Fsp3) is 0.900. The predicted molar refractivity (Wildman–Crippen MR) is 143 cm³/mol. The van der Waals surface area contributed by atoms with E-state index in [9.17, 15) is 29.7 Å². The number of carboxylic acid groups (broad SMARTS) is 3. The summed E-state index contributed by atoms with van der Waals surface area (Å²) in [6.07, 6.45) is 13.5. The van der Waals surface area contributed by atoms with Crippen molar-refractivity contribution in [3.05, 3.63) is 0 Å². The van der Waals surface area contributed by atoms with Gasteiger partial charge in [-0.05, 0) is 38.5 Å². The molecule has 6 nitrogen and oxygen atoms in total. The van der Waals surface area contributed by atoms with E-state index in [0.717, 1.165) is 89.9 Å². The van der Waals surface area contributed by atoms with Crippen LogP contribution in [0.1, 0.15) is 159 Å². The van der Waals surface area contributed by atoms with E-state index in [1.165, 1.54) is 0 Å². The van der Waals surface area contributed by atoms with Gasteiger partial charge in [-0.3, -0.25) is 0 Å². The summed E-state index contributed by atoms with van der Waals surface area (Å²) in [5.41, 5.74) is -1.79. The van der Waals surface area contributed by atoms with Crippen molar-refractivity contribution < 1.29 is 66.6 Å². The summed E-state index contributed by atoms with van der Waals surface area (Å²) in [7, 11) is 0. The Kier molecular flexibility index (Phi) is 29.1. The Morgan fingerprint density at radius 3 is 0.973 bits per heavy atom. The molecular formula is C30H57O6Tm. The van der Waals surface area contributed by atoms with Crippen LogP contribution >= 0.6 is 0 Å². The number of aliphatic carboxylic acids is 3. The zero-order valence-electron chi connectivity index (χ0n) is 25.3. The van der Waals surface area contributed by atoms with E-state index in [1.807, 2.05) is 20.8 Å². The zero-order chi connectivity index (χ0) is 28.8. The molecule has 7 heteroatoms. The van der Waals surface area contributed by atoms with E-state index in [2.05, 4.69) is 20.8 Å². The van der Waals surface area contributed by atoms with E-state index < -0.39 is 34.2 Å². The van der Waals surface area contributed by atoms with Crippen LogP contribution in [0.3, 0.4) is 0 Å². The molecule has 0 radical (unpaired) electrons. The molecule has 0 rings (SSSR count). The molecule has 0 fully saturated rings. The molecule has 0 amide bonds. The molecule has 3 atom stereocenters. The van der Waals surface area contributed by atoms with E-state index in [1.54, 1.807) is 20.8 Å². The molecule has 0 aliphatic rings. The summed E-state index contributed by atoms with van der Waals surface area (Å²) in [6, 6.07) is 0. The smallest absolute Gasteiger partial charge is 0.550 e. The van der Waals surface area contributed by atoms with Crippen LogP contribution in [0.4, 0.5) is 0 Å². The number of carbonyl (C=O) groups excluding carboxylic acids is 3. The molecule has 0 saturated heterocycles. The molecule has 0 saturated carbocycles. The molecule has 0 aliphatic carbocycles. The Bertz CT molecular complexity index is 563. The quantitative estimate of drug-likeness (QED) is 0.184. The summed E-state index contributed by atoms with van der Waals surface area (Å²) >= 11 is 0. The first-order valence-electron chi connectivity index (χ1n) is 14.3. The Morgan fingerprint density at radius 1 is 0.459 bits per heavy atom. The maximum Gasteiger partial charge on any atom is 3.00 e. The van der Waals surface area contributed by atoms with Crippen molar-refractivity contribution in [3.63, 3.8) is 0 Å². The fourth-order valence-corrected chi connectivity index (χ4v) is 4.08. The van der Waals surface area contributed by atoms with Crippen molar-refractivity contribution in [3.8, 4) is 0 Å². The molecule has 226 valence electrons. The van der Waals surface area contributed by atoms with Crippen molar-refractivity contribution in [1.29, 1.82) is 0 Å². The topological polar surface area (TPSA) is 120 Å². The maximum atomic E-state index is 10.8. The monoisotopic (exact) mass is 682 g/mol. The summed E-state index contributed by atoms with van der Waals surface area (Å²) in [5.74, 6) is -2.68. The molecule has 0 spiro atoms. The number of unbranched alkanes of at least 4 members (excludes halogenated alkanes) is 4. The van der Waals surface area contributed by atoms with E-state index >= 15 is 0 Å². The molecule has 37 heavy (non-hydrogen) atoms. The van der Waals surface area contributed by atoms with Gasteiger partial charge in [0.25, 0.3) is 0 Å². The number of hydrogen-bond donors (Lipinski definition) is 0. The SMILES string of the molecule is CCCCC(C)(CCC)C(=O)[O-].CCCCC(C)(CCC)C(=O)[O-].CCCCCC(C)(CC)C(=O)[O-].[Tm+3]. The summed E-state index contributed by atoms with van der Waals surface area (Å²) in [6.45, 7) is 17.5. The van der Waals surface area contributed by atoms with Crippen LogP contribution in [0.25, 0.3) is 0 Å². The van der Waals surface area contributed by atoms with E-state index in [4.69, 9.17) is 0 Å². The third-order valence-electron chi connectivity index (χ3n) is 7.36. The van der Waals surface area contributed by atoms with Crippen LogP contribution in [-0.2, 0) is 14.4 Å². The normalized spacial score (nSPS) is 15.2. The van der Waals surface area contributed by atoms with Crippen LogP contribution in [0, 0.1) is 53.1 Å². The molecule has 0 bridgehead atoms. The molecule has 0 aromatic carbocycles. The molecule has 0 aromatic heterocycles. The first-order valence-corrected chi connectivity index (χ1v) is 14.3. The Morgan fingerprint density at radius 2 is 0.757 bits per heavy atom. The molecule has 0 aliphatic heterocycles. The maximum absolute atomic E-state index is 10.8. The van der Waals surface area contributed by atoms with Gasteiger partial charge >= 0.3 is 36.9 Å². The predicted octanol–water partition coefficient (Wildman–Crippen LogP) is 5.20. The second kappa shape index (κ2) is 24.7. The van der Waals surface area contributed by atoms with Crippen LogP contribution in [0.5, 0.6) is 0 Å². The number of hydrogen-bond acceptors (Lipinski definition) is 6. The second-order valence-corrected chi connectivity index (χ2v) is 11.1. The first-order chi connectivity index (χ1) is 16.7. The number of carbonyl (C=O) groups is 3. The number of rotatable bonds is 18. The molecule has 3 unspecified atom stereocenters. The Balaban J connectivity index is -0.000000218. The van der Waals surface area contributed by atoms with Crippen molar-refractivity contribution in [2.24, 2.45) is 16.2 Å². The minimum absolute atomic E-state index is 0. The molecule has 0 N–H and O–H groups in total. The van der Waals surface area contributed by atoms with E-state index in [0.29, 0.717) is 6.42 Å². The van der Waals surface area contributed by atoms with Gasteiger partial charge in [-0.15, -0.1) is 0 Å². The third kappa shape index (κ3) is 20.2. The van der Waals surface area contributed by atoms with Crippen molar-refractivity contribution in [2.75, 3.05) is 0 Å². The van der Waals surface area contributed by atoms with Gasteiger partial charge in [-0.1, -0.05) is 120 Å². The van der Waals surface area contributed by atoms with Crippen LogP contribution in [-0.4, -0.2) is 17.9 Å². The standard InChI is InChI=1S/3C10H20O2.Tm/c1-4-6-7-8-10(3,5-2)9(11)12;2*1-4-6-8-10(3,7-5-2)9(11)12;/h3*4-8H2,1-3H3,(H,11,12);/q;;;+3/p-3. The van der Waals surface area contributed by atoms with Gasteiger partial charge in [0.1, 0.15) is 0 Å². The van der Waals surface area contributed by atoms with Crippen molar-refractivity contribution in [2.45, 2.75) is 159 Å². The van der Waals surface area contributed by atoms with Gasteiger partial charge in [0, 0.05) is 34.2 Å². The van der Waals surface area contributed by atoms with Crippen LogP contribution < -0.4 is 15.3 Å². The Labute approximate surface area is 258 Å². The molecule has 0 aromatic rings. The molecular weight excluding hydrogens is 625 g/mol. The minimum Gasteiger partial charge on any atom is -0.550 e. The first kappa shape index (κ1) is 43.7. The summed E-state index contributed by atoms with van der Waals surface area (Å²) < 4.78 is 0. The summed E-state index contributed by atoms with van der Waals surface area (Å²) in [5, 5.41) is 32.3. The average Bonchev–Trinajstić information content (AvgIpc) is 2.82. The second-order valence-electron chi connectivity index (χ2n) is 11.1. The van der Waals surface area contributed by atoms with Crippen LogP contribution in [0.2, 0.25) is 0 Å². The fourth-order valence-electron chi connectivity index (χ4n) is 4.08. The van der Waals surface area contributed by atoms with Gasteiger partial charge in [-0.25, -0.2) is 0 Å². The van der Waals surface area contributed by atoms with Crippen molar-refractivity contribution >= 4 is 17.9 Å². The van der Waals surface area contributed by atoms with Gasteiger partial charge in [0.15, 0.2) is 0 Å². The summed E-state index contributed by atoms with van der Waals surface area (Å²) in [4.78, 5) is 32.3. The van der Waals surface area contributed by atoms with Gasteiger partial charge in [0.2, 0.25) is 0 Å². The van der Waals surface area contributed by atoms with Gasteiger partial charge in [0.05, 0.1) is 0 Å². The van der Waals surface area contributed by atoms with E-state index in [-0.39, 0.29) is 36.9 Å². The Hall–Kier alpha value is -0.356. The van der Waals surface area contributed by atoms with Gasteiger partial charge in [-0.2, -0.15) is 0 Å². The van der Waals surface area contributed by atoms with Crippen LogP contribution in [0.15, 0.2) is 0 Å². The van der Waals surface area contributed by atoms with Gasteiger partial charge < -0.3 is 29.7 Å².